The molecule has 71 valence electrons. The Labute approximate surface area is 87.8 Å². The molecule has 14 heavy (non-hydrogen) atoms. The highest BCUT2D eigenvalue weighted by Gasteiger charge is 2.20. The fourth-order valence-corrected chi connectivity index (χ4v) is 3.30. The molecule has 0 N–H and O–H groups in total. The van der Waals surface area contributed by atoms with Gasteiger partial charge in [-0.25, -0.2) is 4.98 Å². The minimum Gasteiger partial charge on any atom is -0.241 e. The lowest BCUT2D eigenvalue weighted by molar-refractivity contribution is 0.718. The monoisotopic (exact) mass is 202 g/mol. The maximum atomic E-state index is 4.68. The summed E-state index contributed by atoms with van der Waals surface area (Å²) in [7, 11) is 0. The Kier molecular flexibility index (Phi) is 2.02. The van der Waals surface area contributed by atoms with Crippen molar-refractivity contribution in [1.29, 1.82) is 0 Å². The lowest BCUT2D eigenvalue weighted by Gasteiger charge is -2.01. The second kappa shape index (κ2) is 3.35. The average molecular weight is 202 g/mol. The first-order valence-corrected chi connectivity index (χ1v) is 6.02. The topological polar surface area (TPSA) is 12.9 Å². The van der Waals surface area contributed by atoms with Crippen LogP contribution in [0, 0.1) is 6.07 Å². The number of thiazole rings is 1. The summed E-state index contributed by atoms with van der Waals surface area (Å²) in [6.45, 7) is 0. The number of aromatic nitrogens is 1. The maximum absolute atomic E-state index is 4.68. The predicted octanol–water partition coefficient (Wildman–Crippen LogP) is 3.75. The number of nitrogens with zero attached hydrogens (tertiary/aromatic N) is 1. The summed E-state index contributed by atoms with van der Waals surface area (Å²) in [5, 5.41) is 1.34. The Hall–Kier alpha value is -0.890. The van der Waals surface area contributed by atoms with Gasteiger partial charge in [0, 0.05) is 5.92 Å². The van der Waals surface area contributed by atoms with Gasteiger partial charge in [-0.3, -0.25) is 0 Å². The SMILES string of the molecule is [c]1ccc2sc(C3CCCC3)nc2c1. The van der Waals surface area contributed by atoms with E-state index in [9.17, 15) is 0 Å². The van der Waals surface area contributed by atoms with Crippen LogP contribution in [0.1, 0.15) is 36.6 Å². The van der Waals surface area contributed by atoms with Gasteiger partial charge in [-0.2, -0.15) is 0 Å². The number of benzene rings is 1. The number of hydrogen-bond donors (Lipinski definition) is 0. The van der Waals surface area contributed by atoms with Gasteiger partial charge >= 0.3 is 0 Å². The van der Waals surface area contributed by atoms with Gasteiger partial charge in [0.15, 0.2) is 0 Å². The molecule has 1 heterocycles. The van der Waals surface area contributed by atoms with E-state index in [0.29, 0.717) is 0 Å². The lowest BCUT2D eigenvalue weighted by Crippen LogP contribution is -1.89. The van der Waals surface area contributed by atoms with Crippen molar-refractivity contribution in [2.75, 3.05) is 0 Å². The maximum Gasteiger partial charge on any atom is 0.0969 e. The molecule has 0 bridgehead atoms. The van der Waals surface area contributed by atoms with E-state index < -0.39 is 0 Å². The van der Waals surface area contributed by atoms with E-state index in [0.717, 1.165) is 11.4 Å². The van der Waals surface area contributed by atoms with Crippen molar-refractivity contribution in [3.05, 3.63) is 29.3 Å². The average Bonchev–Trinajstić information content (AvgIpc) is 2.86. The Morgan fingerprint density at radius 3 is 3.00 bits per heavy atom. The zero-order valence-corrected chi connectivity index (χ0v) is 8.81. The molecule has 1 nitrogen and oxygen atoms in total. The Morgan fingerprint density at radius 1 is 1.36 bits per heavy atom. The van der Waals surface area contributed by atoms with Gasteiger partial charge in [0.1, 0.15) is 0 Å². The molecule has 2 aromatic rings. The van der Waals surface area contributed by atoms with E-state index >= 15 is 0 Å². The molecule has 0 aliphatic heterocycles. The third-order valence-corrected chi connectivity index (χ3v) is 4.15. The molecule has 1 aliphatic rings. The van der Waals surface area contributed by atoms with Crippen molar-refractivity contribution in [2.24, 2.45) is 0 Å². The molecule has 0 atom stereocenters. The lowest BCUT2D eigenvalue weighted by atomic mass is 10.1. The second-order valence-corrected chi connectivity index (χ2v) is 4.99. The quantitative estimate of drug-likeness (QED) is 0.686. The molecule has 0 spiro atoms. The van der Waals surface area contributed by atoms with Gasteiger partial charge in [0.25, 0.3) is 0 Å². The van der Waals surface area contributed by atoms with Crippen LogP contribution in [0.3, 0.4) is 0 Å². The summed E-state index contributed by atoms with van der Waals surface area (Å²) >= 11 is 1.86. The van der Waals surface area contributed by atoms with Crippen molar-refractivity contribution in [2.45, 2.75) is 31.6 Å². The molecular weight excluding hydrogens is 190 g/mol. The van der Waals surface area contributed by atoms with Crippen LogP contribution in [-0.2, 0) is 0 Å². The van der Waals surface area contributed by atoms with E-state index in [1.807, 2.05) is 23.5 Å². The molecule has 1 fully saturated rings. The number of hydrogen-bond acceptors (Lipinski definition) is 2. The third kappa shape index (κ3) is 1.34. The van der Waals surface area contributed by atoms with Crippen LogP contribution in [0.2, 0.25) is 0 Å². The highest BCUT2D eigenvalue weighted by molar-refractivity contribution is 7.18. The van der Waals surface area contributed by atoms with Gasteiger partial charge < -0.3 is 0 Å². The summed E-state index contributed by atoms with van der Waals surface area (Å²) in [6, 6.07) is 9.16. The molecule has 2 heteroatoms. The summed E-state index contributed by atoms with van der Waals surface area (Å²) in [6.07, 6.45) is 5.44. The van der Waals surface area contributed by atoms with Crippen LogP contribution in [0.4, 0.5) is 0 Å². The first-order chi connectivity index (χ1) is 6.93. The van der Waals surface area contributed by atoms with Crippen LogP contribution in [0.15, 0.2) is 18.2 Å². The van der Waals surface area contributed by atoms with E-state index in [4.69, 9.17) is 0 Å². The van der Waals surface area contributed by atoms with Gasteiger partial charge in [-0.1, -0.05) is 18.9 Å². The summed E-state index contributed by atoms with van der Waals surface area (Å²) in [4.78, 5) is 4.68. The standard InChI is InChI=1S/C12H12NS/c1-2-6-9(5-1)12-13-10-7-3-4-8-11(10)14-12/h4,7-9H,1-2,5-6H2. The highest BCUT2D eigenvalue weighted by Crippen LogP contribution is 2.37. The molecular formula is C12H12NS. The summed E-state index contributed by atoms with van der Waals surface area (Å²) in [5.41, 5.74) is 1.12. The predicted molar refractivity (Wildman–Crippen MR) is 59.7 cm³/mol. The van der Waals surface area contributed by atoms with Crippen LogP contribution in [-0.4, -0.2) is 4.98 Å². The van der Waals surface area contributed by atoms with Crippen molar-refractivity contribution < 1.29 is 0 Å². The highest BCUT2D eigenvalue weighted by atomic mass is 32.1. The molecule has 1 saturated carbocycles. The molecule has 0 saturated heterocycles. The third-order valence-electron chi connectivity index (χ3n) is 2.95. The minimum absolute atomic E-state index is 0.743. The van der Waals surface area contributed by atoms with E-state index in [-0.39, 0.29) is 0 Å². The molecule has 1 aromatic carbocycles. The fraction of sp³-hybridized carbons (Fsp3) is 0.417. The minimum atomic E-state index is 0.743. The van der Waals surface area contributed by atoms with Crippen molar-refractivity contribution in [3.63, 3.8) is 0 Å². The van der Waals surface area contributed by atoms with Gasteiger partial charge in [-0.15, -0.1) is 11.3 Å². The molecule has 0 amide bonds. The molecule has 1 radical (unpaired) electrons. The van der Waals surface area contributed by atoms with E-state index in [1.54, 1.807) is 0 Å². The van der Waals surface area contributed by atoms with Crippen molar-refractivity contribution in [3.8, 4) is 0 Å². The second-order valence-electron chi connectivity index (χ2n) is 3.93. The molecule has 0 unspecified atom stereocenters. The number of fused-ring (bicyclic) bond motifs is 1. The van der Waals surface area contributed by atoms with E-state index in [1.165, 1.54) is 35.4 Å². The molecule has 1 aliphatic carbocycles. The van der Waals surface area contributed by atoms with E-state index in [2.05, 4.69) is 17.1 Å². The zero-order chi connectivity index (χ0) is 9.38. The summed E-state index contributed by atoms with van der Waals surface area (Å²) < 4.78 is 1.31. The van der Waals surface area contributed by atoms with Gasteiger partial charge in [-0.05, 0) is 31.0 Å². The van der Waals surface area contributed by atoms with Crippen molar-refractivity contribution in [1.82, 2.24) is 4.98 Å². The zero-order valence-electron chi connectivity index (χ0n) is 7.99. The largest absolute Gasteiger partial charge is 0.241 e. The molecule has 1 aromatic heterocycles. The van der Waals surface area contributed by atoms with Gasteiger partial charge in [0.2, 0.25) is 0 Å². The Morgan fingerprint density at radius 2 is 2.21 bits per heavy atom. The van der Waals surface area contributed by atoms with Crippen molar-refractivity contribution >= 4 is 21.6 Å². The summed E-state index contributed by atoms with van der Waals surface area (Å²) in [5.74, 6) is 0.743. The van der Waals surface area contributed by atoms with Crippen LogP contribution in [0.5, 0.6) is 0 Å². The van der Waals surface area contributed by atoms with Crippen LogP contribution in [0.25, 0.3) is 10.2 Å². The molecule has 3 rings (SSSR count). The first kappa shape index (κ1) is 8.42. The van der Waals surface area contributed by atoms with Crippen LogP contribution < -0.4 is 0 Å². The Balaban J connectivity index is 2.05. The number of rotatable bonds is 1. The van der Waals surface area contributed by atoms with Gasteiger partial charge in [0.05, 0.1) is 15.2 Å². The Bertz CT molecular complexity index is 407. The fourth-order valence-electron chi connectivity index (χ4n) is 2.18. The van der Waals surface area contributed by atoms with Crippen LogP contribution >= 0.6 is 11.3 Å². The smallest absolute Gasteiger partial charge is 0.0969 e. The first-order valence-electron chi connectivity index (χ1n) is 5.20. The normalized spacial score (nSPS) is 18.0.